The van der Waals surface area contributed by atoms with E-state index in [0.29, 0.717) is 18.5 Å². The Balaban J connectivity index is 1.98. The highest BCUT2D eigenvalue weighted by atomic mass is 32.2. The summed E-state index contributed by atoms with van der Waals surface area (Å²) in [5.41, 5.74) is 1.62. The lowest BCUT2D eigenvalue weighted by Crippen LogP contribution is -2.49. The molecule has 1 aromatic rings. The molecule has 0 fully saturated rings. The quantitative estimate of drug-likeness (QED) is 0.793. The van der Waals surface area contributed by atoms with E-state index in [0.717, 1.165) is 11.3 Å². The standard InChI is InChI=1S/C16H22N2O3S/c1-11(15(20)17-13(10-19)7-8-22-2)18-9-12-5-3-4-6-14(12)16(18)21/h3-6,11,13,19H,7-10H2,1-2H3,(H,17,20). The van der Waals surface area contributed by atoms with Gasteiger partial charge in [-0.05, 0) is 37.0 Å². The summed E-state index contributed by atoms with van der Waals surface area (Å²) in [4.78, 5) is 26.3. The molecule has 5 nitrogen and oxygen atoms in total. The van der Waals surface area contributed by atoms with Gasteiger partial charge in [-0.2, -0.15) is 11.8 Å². The third kappa shape index (κ3) is 3.62. The van der Waals surface area contributed by atoms with Gasteiger partial charge >= 0.3 is 0 Å². The third-order valence-corrected chi connectivity index (χ3v) is 4.58. The van der Waals surface area contributed by atoms with Crippen LogP contribution in [0.2, 0.25) is 0 Å². The Kier molecular flexibility index (Phi) is 5.85. The fourth-order valence-electron chi connectivity index (χ4n) is 2.52. The average molecular weight is 322 g/mol. The van der Waals surface area contributed by atoms with Crippen LogP contribution in [-0.4, -0.2) is 52.5 Å². The molecule has 2 unspecified atom stereocenters. The number of hydrogen-bond donors (Lipinski definition) is 2. The number of amides is 2. The lowest BCUT2D eigenvalue weighted by Gasteiger charge is -2.25. The first-order valence-corrected chi connectivity index (χ1v) is 8.77. The number of carbonyl (C=O) groups excluding carboxylic acids is 2. The highest BCUT2D eigenvalue weighted by molar-refractivity contribution is 7.98. The van der Waals surface area contributed by atoms with Crippen molar-refractivity contribution in [2.45, 2.75) is 32.0 Å². The van der Waals surface area contributed by atoms with Gasteiger partial charge in [-0.15, -0.1) is 0 Å². The Bertz CT molecular complexity index is 550. The number of nitrogens with one attached hydrogen (secondary N) is 1. The number of nitrogens with zero attached hydrogens (tertiary/aromatic N) is 1. The predicted molar refractivity (Wildman–Crippen MR) is 87.8 cm³/mol. The maximum absolute atomic E-state index is 12.4. The fraction of sp³-hybridized carbons (Fsp3) is 0.500. The number of thioether (sulfide) groups is 1. The SMILES string of the molecule is CSCCC(CO)NC(=O)C(C)N1Cc2ccccc2C1=O. The predicted octanol–water partition coefficient (Wildman–Crippen LogP) is 1.26. The molecule has 0 aliphatic carbocycles. The molecule has 2 N–H and O–H groups in total. The summed E-state index contributed by atoms with van der Waals surface area (Å²) in [6, 6.07) is 6.61. The van der Waals surface area contributed by atoms with E-state index in [1.165, 1.54) is 0 Å². The van der Waals surface area contributed by atoms with E-state index in [1.807, 2.05) is 24.5 Å². The summed E-state index contributed by atoms with van der Waals surface area (Å²) in [6.07, 6.45) is 2.70. The van der Waals surface area contributed by atoms with Gasteiger partial charge in [0.1, 0.15) is 6.04 Å². The maximum Gasteiger partial charge on any atom is 0.255 e. The van der Waals surface area contributed by atoms with Crippen LogP contribution >= 0.6 is 11.8 Å². The number of carbonyl (C=O) groups is 2. The zero-order valence-corrected chi connectivity index (χ0v) is 13.7. The molecule has 0 radical (unpaired) electrons. The first kappa shape index (κ1) is 16.8. The van der Waals surface area contributed by atoms with Crippen LogP contribution in [0.5, 0.6) is 0 Å². The van der Waals surface area contributed by atoms with Gasteiger partial charge in [0.25, 0.3) is 5.91 Å². The molecule has 1 heterocycles. The van der Waals surface area contributed by atoms with Crippen LogP contribution < -0.4 is 5.32 Å². The lowest BCUT2D eigenvalue weighted by molar-refractivity contribution is -0.126. The Hall–Kier alpha value is -1.53. The summed E-state index contributed by atoms with van der Waals surface area (Å²) in [5, 5.41) is 12.2. The van der Waals surface area contributed by atoms with Gasteiger partial charge in [-0.1, -0.05) is 18.2 Å². The van der Waals surface area contributed by atoms with E-state index in [2.05, 4.69) is 5.32 Å². The zero-order valence-electron chi connectivity index (χ0n) is 12.9. The molecular weight excluding hydrogens is 300 g/mol. The molecule has 120 valence electrons. The van der Waals surface area contributed by atoms with Gasteiger partial charge in [0, 0.05) is 12.1 Å². The molecule has 1 aromatic carbocycles. The molecule has 2 amide bonds. The van der Waals surface area contributed by atoms with Crippen molar-refractivity contribution in [1.82, 2.24) is 10.2 Å². The van der Waals surface area contributed by atoms with E-state index in [9.17, 15) is 14.7 Å². The molecule has 0 aromatic heterocycles. The van der Waals surface area contributed by atoms with E-state index in [-0.39, 0.29) is 24.5 Å². The minimum atomic E-state index is -0.553. The second kappa shape index (κ2) is 7.65. The molecule has 1 aliphatic rings. The first-order chi connectivity index (χ1) is 10.6. The number of aliphatic hydroxyl groups excluding tert-OH is 1. The number of rotatable bonds is 7. The van der Waals surface area contributed by atoms with Crippen LogP contribution in [0.4, 0.5) is 0 Å². The van der Waals surface area contributed by atoms with E-state index < -0.39 is 6.04 Å². The fourth-order valence-corrected chi connectivity index (χ4v) is 3.04. The van der Waals surface area contributed by atoms with E-state index >= 15 is 0 Å². The normalized spacial score (nSPS) is 16.3. The largest absolute Gasteiger partial charge is 0.394 e. The van der Waals surface area contributed by atoms with Crippen molar-refractivity contribution in [2.75, 3.05) is 18.6 Å². The van der Waals surface area contributed by atoms with Crippen molar-refractivity contribution in [1.29, 1.82) is 0 Å². The summed E-state index contributed by atoms with van der Waals surface area (Å²) >= 11 is 1.67. The Morgan fingerprint density at radius 2 is 2.18 bits per heavy atom. The Morgan fingerprint density at radius 3 is 2.82 bits per heavy atom. The van der Waals surface area contributed by atoms with Crippen molar-refractivity contribution in [3.05, 3.63) is 35.4 Å². The third-order valence-electron chi connectivity index (χ3n) is 3.93. The van der Waals surface area contributed by atoms with Gasteiger partial charge in [0.15, 0.2) is 0 Å². The minimum absolute atomic E-state index is 0.0901. The Morgan fingerprint density at radius 1 is 1.45 bits per heavy atom. The van der Waals surface area contributed by atoms with Gasteiger partial charge in [-0.3, -0.25) is 9.59 Å². The number of benzene rings is 1. The zero-order chi connectivity index (χ0) is 16.1. The van der Waals surface area contributed by atoms with Crippen molar-refractivity contribution in [2.24, 2.45) is 0 Å². The molecule has 0 saturated carbocycles. The molecule has 2 rings (SSSR count). The van der Waals surface area contributed by atoms with Crippen LogP contribution in [0.3, 0.4) is 0 Å². The summed E-state index contributed by atoms with van der Waals surface area (Å²) < 4.78 is 0. The highest BCUT2D eigenvalue weighted by Crippen LogP contribution is 2.24. The molecule has 0 spiro atoms. The average Bonchev–Trinajstić information content (AvgIpc) is 2.87. The topological polar surface area (TPSA) is 69.6 Å². The van der Waals surface area contributed by atoms with Gasteiger partial charge < -0.3 is 15.3 Å². The number of aliphatic hydroxyl groups is 1. The Labute approximate surface area is 135 Å². The van der Waals surface area contributed by atoms with E-state index in [1.54, 1.807) is 29.7 Å². The smallest absolute Gasteiger partial charge is 0.255 e. The molecule has 0 saturated heterocycles. The molecule has 1 aliphatic heterocycles. The highest BCUT2D eigenvalue weighted by Gasteiger charge is 2.33. The van der Waals surface area contributed by atoms with Crippen LogP contribution in [0.25, 0.3) is 0 Å². The second-order valence-electron chi connectivity index (χ2n) is 5.44. The van der Waals surface area contributed by atoms with Crippen LogP contribution in [-0.2, 0) is 11.3 Å². The summed E-state index contributed by atoms with van der Waals surface area (Å²) in [7, 11) is 0. The van der Waals surface area contributed by atoms with Gasteiger partial charge in [0.2, 0.25) is 5.91 Å². The van der Waals surface area contributed by atoms with Crippen LogP contribution in [0, 0.1) is 0 Å². The molecule has 6 heteroatoms. The van der Waals surface area contributed by atoms with Crippen LogP contribution in [0.15, 0.2) is 24.3 Å². The van der Waals surface area contributed by atoms with Crippen molar-refractivity contribution >= 4 is 23.6 Å². The van der Waals surface area contributed by atoms with Crippen molar-refractivity contribution in [3.63, 3.8) is 0 Å². The maximum atomic E-state index is 12.4. The monoisotopic (exact) mass is 322 g/mol. The molecule has 0 bridgehead atoms. The molecule has 22 heavy (non-hydrogen) atoms. The minimum Gasteiger partial charge on any atom is -0.394 e. The summed E-state index contributed by atoms with van der Waals surface area (Å²) in [6.45, 7) is 2.09. The van der Waals surface area contributed by atoms with Gasteiger partial charge in [0.05, 0.1) is 12.6 Å². The summed E-state index contributed by atoms with van der Waals surface area (Å²) in [5.74, 6) is 0.540. The first-order valence-electron chi connectivity index (χ1n) is 7.37. The molecule has 2 atom stereocenters. The van der Waals surface area contributed by atoms with Crippen molar-refractivity contribution in [3.8, 4) is 0 Å². The number of hydrogen-bond acceptors (Lipinski definition) is 4. The van der Waals surface area contributed by atoms with E-state index in [4.69, 9.17) is 0 Å². The number of fused-ring (bicyclic) bond motifs is 1. The molecular formula is C16H22N2O3S. The van der Waals surface area contributed by atoms with Crippen molar-refractivity contribution < 1.29 is 14.7 Å². The van der Waals surface area contributed by atoms with Gasteiger partial charge in [-0.25, -0.2) is 0 Å². The lowest BCUT2D eigenvalue weighted by atomic mass is 10.1. The van der Waals surface area contributed by atoms with Crippen LogP contribution in [0.1, 0.15) is 29.3 Å². The second-order valence-corrected chi connectivity index (χ2v) is 6.42.